The summed E-state index contributed by atoms with van der Waals surface area (Å²) in [4.78, 5) is 15.0. The molecule has 1 heterocycles. The van der Waals surface area contributed by atoms with Gasteiger partial charge in [0, 0.05) is 0 Å². The monoisotopic (exact) mass is 238 g/mol. The van der Waals surface area contributed by atoms with Gasteiger partial charge in [-0.2, -0.15) is 0 Å². The minimum absolute atomic E-state index is 0.0130. The van der Waals surface area contributed by atoms with Crippen molar-refractivity contribution in [3.63, 3.8) is 0 Å². The zero-order chi connectivity index (χ0) is 13.0. The van der Waals surface area contributed by atoms with Crippen molar-refractivity contribution in [2.24, 2.45) is 5.92 Å². The molecule has 5 heteroatoms. The van der Waals surface area contributed by atoms with Gasteiger partial charge in [-0.3, -0.25) is 0 Å². The molecule has 0 aliphatic rings. The first-order chi connectivity index (χ1) is 7.95. The summed E-state index contributed by atoms with van der Waals surface area (Å²) in [5.41, 5.74) is 0.656. The number of nitrogens with one attached hydrogen (secondary N) is 1. The second-order valence-electron chi connectivity index (χ2n) is 4.31. The molecule has 0 spiro atoms. The van der Waals surface area contributed by atoms with Crippen molar-refractivity contribution in [1.82, 2.24) is 4.98 Å². The predicted octanol–water partition coefficient (Wildman–Crippen LogP) is 1.52. The minimum Gasteiger partial charge on any atom is -0.478 e. The van der Waals surface area contributed by atoms with E-state index in [0.717, 1.165) is 0 Å². The van der Waals surface area contributed by atoms with Crippen LogP contribution in [0.5, 0.6) is 0 Å². The smallest absolute Gasteiger partial charge is 0.337 e. The van der Waals surface area contributed by atoms with Crippen LogP contribution in [0.4, 0.5) is 5.82 Å². The molecule has 0 amide bonds. The van der Waals surface area contributed by atoms with Gasteiger partial charge in [0.2, 0.25) is 0 Å². The molecule has 0 aromatic carbocycles. The third kappa shape index (κ3) is 3.42. The Bertz CT molecular complexity index is 405. The van der Waals surface area contributed by atoms with Gasteiger partial charge in [0.15, 0.2) is 0 Å². The van der Waals surface area contributed by atoms with Crippen LogP contribution in [0, 0.1) is 12.8 Å². The molecule has 0 fully saturated rings. The maximum atomic E-state index is 10.8. The average molecular weight is 238 g/mol. The van der Waals surface area contributed by atoms with E-state index in [-0.39, 0.29) is 24.1 Å². The van der Waals surface area contributed by atoms with Crippen LogP contribution in [-0.4, -0.2) is 33.8 Å². The predicted molar refractivity (Wildman–Crippen MR) is 65.3 cm³/mol. The van der Waals surface area contributed by atoms with Crippen LogP contribution in [0.3, 0.4) is 0 Å². The van der Waals surface area contributed by atoms with Gasteiger partial charge >= 0.3 is 5.97 Å². The maximum Gasteiger partial charge on any atom is 0.337 e. The Morgan fingerprint density at radius 2 is 2.12 bits per heavy atom. The topological polar surface area (TPSA) is 82.5 Å². The standard InChI is InChI=1S/C12H18N2O3/c1-7(2)10(6-15)14-11-5-4-9(12(16)17)8(3)13-11/h4-5,7,10,15H,6H2,1-3H3,(H,13,14)(H,16,17)/t10-/m1/s1. The van der Waals surface area contributed by atoms with E-state index < -0.39 is 5.97 Å². The van der Waals surface area contributed by atoms with Crippen LogP contribution >= 0.6 is 0 Å². The normalized spacial score (nSPS) is 12.5. The summed E-state index contributed by atoms with van der Waals surface area (Å²) in [5.74, 6) is -0.134. The lowest BCUT2D eigenvalue weighted by Crippen LogP contribution is -2.30. The number of anilines is 1. The molecule has 1 aromatic rings. The van der Waals surface area contributed by atoms with Gasteiger partial charge in [-0.15, -0.1) is 0 Å². The molecule has 0 aliphatic carbocycles. The summed E-state index contributed by atoms with van der Waals surface area (Å²) in [5, 5.41) is 21.1. The molecule has 17 heavy (non-hydrogen) atoms. The SMILES string of the molecule is Cc1nc(N[C@H](CO)C(C)C)ccc1C(=O)O. The molecule has 3 N–H and O–H groups in total. The Balaban J connectivity index is 2.87. The van der Waals surface area contributed by atoms with E-state index in [1.807, 2.05) is 13.8 Å². The number of aliphatic hydroxyl groups excluding tert-OH is 1. The molecule has 0 saturated carbocycles. The lowest BCUT2D eigenvalue weighted by Gasteiger charge is -2.20. The molecule has 5 nitrogen and oxygen atoms in total. The lowest BCUT2D eigenvalue weighted by atomic mass is 10.1. The highest BCUT2D eigenvalue weighted by Gasteiger charge is 2.14. The van der Waals surface area contributed by atoms with Gasteiger partial charge in [-0.1, -0.05) is 13.8 Å². The number of carboxylic acids is 1. The third-order valence-electron chi connectivity index (χ3n) is 2.65. The van der Waals surface area contributed by atoms with E-state index in [9.17, 15) is 9.90 Å². The molecule has 0 aliphatic heterocycles. The van der Waals surface area contributed by atoms with Gasteiger partial charge in [-0.25, -0.2) is 9.78 Å². The van der Waals surface area contributed by atoms with Gasteiger partial charge in [0.25, 0.3) is 0 Å². The number of carbonyl (C=O) groups is 1. The van der Waals surface area contributed by atoms with E-state index in [4.69, 9.17) is 5.11 Å². The second-order valence-corrected chi connectivity index (χ2v) is 4.31. The van der Waals surface area contributed by atoms with Crippen LogP contribution in [0.1, 0.15) is 29.9 Å². The number of rotatable bonds is 5. The van der Waals surface area contributed by atoms with Crippen LogP contribution < -0.4 is 5.32 Å². The molecule has 1 atom stereocenters. The van der Waals surface area contributed by atoms with Crippen molar-refractivity contribution in [2.75, 3.05) is 11.9 Å². The first-order valence-electron chi connectivity index (χ1n) is 5.54. The summed E-state index contributed by atoms with van der Waals surface area (Å²) < 4.78 is 0. The van der Waals surface area contributed by atoms with E-state index in [2.05, 4.69) is 10.3 Å². The zero-order valence-corrected chi connectivity index (χ0v) is 10.3. The molecule has 0 radical (unpaired) electrons. The number of aliphatic hydroxyl groups is 1. The van der Waals surface area contributed by atoms with Crippen LogP contribution in [0.2, 0.25) is 0 Å². The summed E-state index contributed by atoms with van der Waals surface area (Å²) in [7, 11) is 0. The van der Waals surface area contributed by atoms with Gasteiger partial charge in [-0.05, 0) is 25.0 Å². The van der Waals surface area contributed by atoms with Crippen molar-refractivity contribution in [3.05, 3.63) is 23.4 Å². The lowest BCUT2D eigenvalue weighted by molar-refractivity contribution is 0.0695. The van der Waals surface area contributed by atoms with E-state index in [0.29, 0.717) is 11.5 Å². The maximum absolute atomic E-state index is 10.8. The quantitative estimate of drug-likeness (QED) is 0.724. The number of aryl methyl sites for hydroxylation is 1. The van der Waals surface area contributed by atoms with E-state index >= 15 is 0 Å². The van der Waals surface area contributed by atoms with Crippen molar-refractivity contribution < 1.29 is 15.0 Å². The summed E-state index contributed by atoms with van der Waals surface area (Å²) in [6, 6.07) is 3.04. The van der Waals surface area contributed by atoms with E-state index in [1.54, 1.807) is 13.0 Å². The molecular weight excluding hydrogens is 220 g/mol. The Morgan fingerprint density at radius 3 is 2.53 bits per heavy atom. The molecule has 94 valence electrons. The Kier molecular flexibility index (Phi) is 4.45. The number of nitrogens with zero attached hydrogens (tertiary/aromatic N) is 1. The van der Waals surface area contributed by atoms with Crippen molar-refractivity contribution in [1.29, 1.82) is 0 Å². The number of hydrogen-bond acceptors (Lipinski definition) is 4. The highest BCUT2D eigenvalue weighted by Crippen LogP contribution is 2.13. The largest absolute Gasteiger partial charge is 0.478 e. The minimum atomic E-state index is -0.982. The number of pyridine rings is 1. The number of carboxylic acid groups (broad SMARTS) is 1. The fourth-order valence-corrected chi connectivity index (χ4v) is 1.48. The van der Waals surface area contributed by atoms with Crippen molar-refractivity contribution in [3.8, 4) is 0 Å². The molecule has 0 bridgehead atoms. The number of hydrogen-bond donors (Lipinski definition) is 3. The molecule has 0 saturated heterocycles. The van der Waals surface area contributed by atoms with Crippen LogP contribution in [-0.2, 0) is 0 Å². The van der Waals surface area contributed by atoms with Crippen LogP contribution in [0.25, 0.3) is 0 Å². The highest BCUT2D eigenvalue weighted by atomic mass is 16.4. The zero-order valence-electron chi connectivity index (χ0n) is 10.3. The summed E-state index contributed by atoms with van der Waals surface area (Å²) in [6.07, 6.45) is 0. The third-order valence-corrected chi connectivity index (χ3v) is 2.65. The number of aromatic nitrogens is 1. The van der Waals surface area contributed by atoms with Crippen LogP contribution in [0.15, 0.2) is 12.1 Å². The summed E-state index contributed by atoms with van der Waals surface area (Å²) >= 11 is 0. The fourth-order valence-electron chi connectivity index (χ4n) is 1.48. The first kappa shape index (κ1) is 13.4. The molecule has 0 unspecified atom stereocenters. The molecule has 1 aromatic heterocycles. The Morgan fingerprint density at radius 1 is 1.47 bits per heavy atom. The van der Waals surface area contributed by atoms with Gasteiger partial charge < -0.3 is 15.5 Å². The second kappa shape index (κ2) is 5.63. The van der Waals surface area contributed by atoms with Gasteiger partial charge in [0.1, 0.15) is 5.82 Å². The number of aromatic carboxylic acids is 1. The summed E-state index contributed by atoms with van der Waals surface area (Å²) in [6.45, 7) is 5.65. The Labute approximate surface area is 101 Å². The molecule has 1 rings (SSSR count). The first-order valence-corrected chi connectivity index (χ1v) is 5.54. The molecular formula is C12H18N2O3. The highest BCUT2D eigenvalue weighted by molar-refractivity contribution is 5.89. The van der Waals surface area contributed by atoms with Crippen molar-refractivity contribution in [2.45, 2.75) is 26.8 Å². The Hall–Kier alpha value is -1.62. The average Bonchev–Trinajstić information content (AvgIpc) is 2.24. The fraction of sp³-hybridized carbons (Fsp3) is 0.500. The van der Waals surface area contributed by atoms with Gasteiger partial charge in [0.05, 0.1) is 23.9 Å². The van der Waals surface area contributed by atoms with Crippen molar-refractivity contribution >= 4 is 11.8 Å². The van der Waals surface area contributed by atoms with E-state index in [1.165, 1.54) is 6.07 Å².